The number of hydrogen-bond acceptors (Lipinski definition) is 5. The quantitative estimate of drug-likeness (QED) is 0.378. The Morgan fingerprint density at radius 3 is 2.35 bits per heavy atom. The van der Waals surface area contributed by atoms with E-state index in [0.717, 1.165) is 37.2 Å². The molecular weight excluding hydrogens is 352 g/mol. The van der Waals surface area contributed by atoms with Crippen molar-refractivity contribution in [2.24, 2.45) is 0 Å². The molecule has 0 bridgehead atoms. The number of hydrogen-bond donors (Lipinski definition) is 0. The molecule has 0 amide bonds. The number of ketones is 1. The molecule has 1 aliphatic heterocycles. The maximum atomic E-state index is 11.9. The Labute approximate surface area is 149 Å². The van der Waals surface area contributed by atoms with Gasteiger partial charge in [0.25, 0.3) is 0 Å². The van der Waals surface area contributed by atoms with Gasteiger partial charge in [-0.15, -0.1) is 24.1 Å². The molecule has 0 radical (unpaired) electrons. The number of Topliss-reactive ketones (excluding diaryl/α,β-unsaturated/α-hetero) is 1. The van der Waals surface area contributed by atoms with Gasteiger partial charge < -0.3 is 0 Å². The van der Waals surface area contributed by atoms with E-state index in [1.165, 1.54) is 24.6 Å². The highest BCUT2D eigenvalue weighted by molar-refractivity contribution is 8.18. The van der Waals surface area contributed by atoms with Crippen LogP contribution < -0.4 is 0 Å². The fourth-order valence-electron chi connectivity index (χ4n) is 2.29. The van der Waals surface area contributed by atoms with Crippen molar-refractivity contribution in [2.75, 3.05) is 23.0 Å². The van der Waals surface area contributed by atoms with Gasteiger partial charge in [-0.3, -0.25) is 4.79 Å². The molecule has 23 heavy (non-hydrogen) atoms. The Hall–Kier alpha value is -0.0100. The second-order valence-corrected chi connectivity index (χ2v) is 9.73. The molecular formula is C16H29O4S3+. The molecule has 134 valence electrons. The minimum absolute atomic E-state index is 0.0480. The molecule has 1 heterocycles. The van der Waals surface area contributed by atoms with Gasteiger partial charge in [-0.05, 0) is 31.0 Å². The second kappa shape index (κ2) is 12.4. The first kappa shape index (κ1) is 21.0. The smallest absolute Gasteiger partial charge is 0.300 e. The lowest BCUT2D eigenvalue weighted by molar-refractivity contribution is -0.263. The predicted octanol–water partition coefficient (Wildman–Crippen LogP) is 3.96. The Bertz CT molecular complexity index is 464. The highest BCUT2D eigenvalue weighted by Gasteiger charge is 2.27. The predicted molar refractivity (Wildman–Crippen MR) is 101 cm³/mol. The van der Waals surface area contributed by atoms with Crippen molar-refractivity contribution in [2.45, 2.75) is 64.7 Å². The summed E-state index contributed by atoms with van der Waals surface area (Å²) in [6.07, 6.45) is 7.87. The lowest BCUT2D eigenvalue weighted by Gasteiger charge is -2.02. The van der Waals surface area contributed by atoms with Gasteiger partial charge in [0, 0.05) is 24.3 Å². The minimum atomic E-state index is -3.46. The van der Waals surface area contributed by atoms with Gasteiger partial charge in [0.2, 0.25) is 0 Å². The molecule has 0 aromatic carbocycles. The summed E-state index contributed by atoms with van der Waals surface area (Å²) in [5.74, 6) is 2.98. The molecule has 0 atom stereocenters. The van der Waals surface area contributed by atoms with Crippen molar-refractivity contribution >= 4 is 44.5 Å². The minimum Gasteiger partial charge on any atom is -0.300 e. The van der Waals surface area contributed by atoms with Crippen molar-refractivity contribution in [3.05, 3.63) is 0 Å². The third kappa shape index (κ3) is 11.2. The van der Waals surface area contributed by atoms with Crippen molar-refractivity contribution in [1.82, 2.24) is 0 Å². The Kier molecular flexibility index (Phi) is 11.3. The molecule has 0 aromatic heterocycles. The van der Waals surface area contributed by atoms with Crippen LogP contribution in [0.15, 0.2) is 0 Å². The maximum Gasteiger partial charge on any atom is 0.496 e. The summed E-state index contributed by atoms with van der Waals surface area (Å²) in [4.78, 5) is 11.7. The molecule has 0 saturated carbocycles. The number of rotatable bonds is 12. The third-order valence-electron chi connectivity index (χ3n) is 3.59. The monoisotopic (exact) mass is 381 g/mol. The summed E-state index contributed by atoms with van der Waals surface area (Å²) in [6.45, 7) is 2.16. The van der Waals surface area contributed by atoms with Crippen LogP contribution in [0.1, 0.15) is 64.7 Å². The number of thioether (sulfide) groups is 2. The van der Waals surface area contributed by atoms with Crippen LogP contribution in [0.3, 0.4) is 0 Å². The molecule has 0 unspecified atom stereocenters. The number of carbonyl (C=O) groups excluding carboxylic acids is 2. The summed E-state index contributed by atoms with van der Waals surface area (Å²) in [5, 5.41) is 0.614. The Morgan fingerprint density at radius 2 is 1.74 bits per heavy atom. The zero-order valence-electron chi connectivity index (χ0n) is 14.1. The van der Waals surface area contributed by atoms with E-state index in [1.807, 2.05) is 0 Å². The maximum absolute atomic E-state index is 11.9. The van der Waals surface area contributed by atoms with Crippen LogP contribution in [0, 0.1) is 0 Å². The Morgan fingerprint density at radius 1 is 1.04 bits per heavy atom. The van der Waals surface area contributed by atoms with Gasteiger partial charge in [0.1, 0.15) is 17.3 Å². The highest BCUT2D eigenvalue weighted by atomic mass is 32.2. The van der Waals surface area contributed by atoms with Crippen LogP contribution in [-0.4, -0.2) is 42.3 Å². The van der Waals surface area contributed by atoms with Crippen LogP contribution >= 0.6 is 23.5 Å². The van der Waals surface area contributed by atoms with E-state index in [2.05, 4.69) is 6.92 Å². The summed E-state index contributed by atoms with van der Waals surface area (Å²) in [6, 6.07) is 0. The van der Waals surface area contributed by atoms with E-state index in [1.54, 1.807) is 11.8 Å². The average Bonchev–Trinajstić information content (AvgIpc) is 2.51. The Balaban J connectivity index is 2.10. The van der Waals surface area contributed by atoms with Crippen LogP contribution in [0.2, 0.25) is 0 Å². The van der Waals surface area contributed by atoms with E-state index in [4.69, 9.17) is 3.87 Å². The van der Waals surface area contributed by atoms with Gasteiger partial charge in [-0.2, -0.15) is 0 Å². The average molecular weight is 382 g/mol. The lowest BCUT2D eigenvalue weighted by atomic mass is 10.1. The third-order valence-corrected chi connectivity index (χ3v) is 7.30. The fourth-order valence-corrected chi connectivity index (χ4v) is 5.84. The van der Waals surface area contributed by atoms with Crippen LogP contribution in [0.4, 0.5) is 0 Å². The largest absolute Gasteiger partial charge is 0.496 e. The van der Waals surface area contributed by atoms with Crippen molar-refractivity contribution in [1.29, 1.82) is 0 Å². The molecule has 0 aromatic rings. The lowest BCUT2D eigenvalue weighted by Crippen LogP contribution is -2.15. The molecule has 0 aliphatic carbocycles. The van der Waals surface area contributed by atoms with Crippen molar-refractivity contribution in [3.63, 3.8) is 0 Å². The summed E-state index contributed by atoms with van der Waals surface area (Å²) >= 11 is 3.20. The fraction of sp³-hybridized carbons (Fsp3) is 0.875. The van der Waals surface area contributed by atoms with Crippen molar-refractivity contribution in [3.8, 4) is 0 Å². The van der Waals surface area contributed by atoms with Gasteiger partial charge in [-0.1, -0.05) is 32.6 Å². The van der Waals surface area contributed by atoms with E-state index in [9.17, 15) is 13.2 Å². The van der Waals surface area contributed by atoms with Gasteiger partial charge in [0.15, 0.2) is 0 Å². The number of unbranched alkanes of at least 4 members (excludes halogenated alkanes) is 5. The first-order valence-corrected chi connectivity index (χ1v) is 12.3. The standard InChI is InChI=1S/C16H29O4S3/c1-2-3-4-6-9-15(17)10-7-5-8-13-23(18,19)20-16-14-21-11-12-22-16/h2-14H2,1H3/q+1. The molecule has 0 N–H and O–H groups in total. The molecule has 1 aliphatic rings. The summed E-state index contributed by atoms with van der Waals surface area (Å²) < 4.78 is 28.9. The van der Waals surface area contributed by atoms with Gasteiger partial charge >= 0.3 is 15.2 Å². The molecule has 1 rings (SSSR count). The van der Waals surface area contributed by atoms with E-state index < -0.39 is 10.1 Å². The zero-order valence-corrected chi connectivity index (χ0v) is 16.5. The molecule has 1 saturated heterocycles. The van der Waals surface area contributed by atoms with Crippen molar-refractivity contribution < 1.29 is 17.1 Å². The van der Waals surface area contributed by atoms with E-state index in [0.29, 0.717) is 35.9 Å². The van der Waals surface area contributed by atoms with Crippen LogP contribution in [-0.2, 0) is 18.8 Å². The van der Waals surface area contributed by atoms with E-state index in [-0.39, 0.29) is 5.75 Å². The van der Waals surface area contributed by atoms with Crippen LogP contribution in [0.25, 0.3) is 0 Å². The SMILES string of the molecule is CCCCCCC(=O)CCCCCS(=O)(=O)[O+]=C1CSCCS1. The number of carbonyl (C=O) groups is 1. The molecule has 7 heteroatoms. The normalized spacial score (nSPS) is 17.5. The van der Waals surface area contributed by atoms with E-state index >= 15 is 0 Å². The topological polar surface area (TPSA) is 62.5 Å². The van der Waals surface area contributed by atoms with Gasteiger partial charge in [0.05, 0.1) is 0 Å². The first-order valence-electron chi connectivity index (χ1n) is 8.53. The highest BCUT2D eigenvalue weighted by Crippen LogP contribution is 2.19. The second-order valence-electron chi connectivity index (χ2n) is 5.78. The summed E-state index contributed by atoms with van der Waals surface area (Å²) in [7, 11) is -3.46. The summed E-state index contributed by atoms with van der Waals surface area (Å²) in [5.41, 5.74) is 0. The first-order chi connectivity index (χ1) is 11.0. The molecule has 0 spiro atoms. The molecule has 4 nitrogen and oxygen atoms in total. The van der Waals surface area contributed by atoms with Gasteiger partial charge in [-0.25, -0.2) is 0 Å². The molecule has 1 fully saturated rings. The zero-order chi connectivity index (χ0) is 17.0. The van der Waals surface area contributed by atoms with Crippen LogP contribution in [0.5, 0.6) is 0 Å².